The molecule has 0 atom stereocenters. The SMILES string of the molecule is CCOc1ccc(CCC(=O)NC2CCC(C(=O)O)CC2)cc1. The summed E-state index contributed by atoms with van der Waals surface area (Å²) in [4.78, 5) is 22.9. The van der Waals surface area contributed by atoms with Gasteiger partial charge >= 0.3 is 5.97 Å². The van der Waals surface area contributed by atoms with Crippen molar-refractivity contribution >= 4 is 11.9 Å². The lowest BCUT2D eigenvalue weighted by Crippen LogP contribution is -2.38. The maximum atomic E-state index is 12.0. The summed E-state index contributed by atoms with van der Waals surface area (Å²) >= 11 is 0. The second-order valence-corrected chi connectivity index (χ2v) is 6.03. The second kappa shape index (κ2) is 8.56. The van der Waals surface area contributed by atoms with Crippen molar-refractivity contribution in [1.29, 1.82) is 0 Å². The predicted molar refractivity (Wildman–Crippen MR) is 87.5 cm³/mol. The minimum absolute atomic E-state index is 0.0395. The van der Waals surface area contributed by atoms with Crippen molar-refractivity contribution in [2.75, 3.05) is 6.61 Å². The van der Waals surface area contributed by atoms with Crippen LogP contribution in [0.4, 0.5) is 0 Å². The van der Waals surface area contributed by atoms with E-state index >= 15 is 0 Å². The fraction of sp³-hybridized carbons (Fsp3) is 0.556. The molecule has 0 unspecified atom stereocenters. The number of nitrogens with one attached hydrogen (secondary N) is 1. The van der Waals surface area contributed by atoms with Crippen LogP contribution in [-0.2, 0) is 16.0 Å². The molecule has 0 saturated heterocycles. The summed E-state index contributed by atoms with van der Waals surface area (Å²) in [5.74, 6) is -0.0779. The van der Waals surface area contributed by atoms with E-state index in [1.165, 1.54) is 0 Å². The van der Waals surface area contributed by atoms with Gasteiger partial charge in [0.2, 0.25) is 5.91 Å². The maximum Gasteiger partial charge on any atom is 0.306 e. The Hall–Kier alpha value is -2.04. The molecule has 1 aliphatic carbocycles. The molecule has 1 saturated carbocycles. The Morgan fingerprint density at radius 2 is 1.83 bits per heavy atom. The zero-order chi connectivity index (χ0) is 16.7. The van der Waals surface area contributed by atoms with E-state index in [0.29, 0.717) is 32.3 Å². The van der Waals surface area contributed by atoms with Crippen LogP contribution < -0.4 is 10.1 Å². The van der Waals surface area contributed by atoms with E-state index in [1.54, 1.807) is 0 Å². The zero-order valence-corrected chi connectivity index (χ0v) is 13.6. The normalized spacial score (nSPS) is 20.7. The molecule has 1 aromatic rings. The predicted octanol–water partition coefficient (Wildman–Crippen LogP) is 2.78. The van der Waals surface area contributed by atoms with Gasteiger partial charge in [-0.25, -0.2) is 0 Å². The van der Waals surface area contributed by atoms with E-state index in [9.17, 15) is 9.59 Å². The Bertz CT molecular complexity index is 518. The van der Waals surface area contributed by atoms with Crippen LogP contribution in [-0.4, -0.2) is 29.6 Å². The fourth-order valence-corrected chi connectivity index (χ4v) is 2.96. The molecule has 2 N–H and O–H groups in total. The fourth-order valence-electron chi connectivity index (χ4n) is 2.96. The number of amides is 1. The quantitative estimate of drug-likeness (QED) is 0.810. The average Bonchev–Trinajstić information content (AvgIpc) is 2.55. The molecule has 126 valence electrons. The molecule has 5 heteroatoms. The van der Waals surface area contributed by atoms with E-state index in [4.69, 9.17) is 9.84 Å². The number of aryl methyl sites for hydroxylation is 1. The zero-order valence-electron chi connectivity index (χ0n) is 13.6. The number of carboxylic acids is 1. The van der Waals surface area contributed by atoms with Crippen LogP contribution in [0.5, 0.6) is 5.75 Å². The third-order valence-electron chi connectivity index (χ3n) is 4.32. The Kier molecular flexibility index (Phi) is 6.44. The van der Waals surface area contributed by atoms with Crippen LogP contribution in [0.15, 0.2) is 24.3 Å². The van der Waals surface area contributed by atoms with Gasteiger partial charge in [0.15, 0.2) is 0 Å². The van der Waals surface area contributed by atoms with E-state index in [1.807, 2.05) is 31.2 Å². The van der Waals surface area contributed by atoms with E-state index < -0.39 is 5.97 Å². The van der Waals surface area contributed by atoms with Crippen LogP contribution >= 0.6 is 0 Å². The van der Waals surface area contributed by atoms with Crippen molar-refractivity contribution in [3.63, 3.8) is 0 Å². The van der Waals surface area contributed by atoms with Crippen molar-refractivity contribution in [2.24, 2.45) is 5.92 Å². The lowest BCUT2D eigenvalue weighted by Gasteiger charge is -2.26. The first kappa shape index (κ1) is 17.3. The number of benzene rings is 1. The summed E-state index contributed by atoms with van der Waals surface area (Å²) in [6, 6.07) is 7.93. The van der Waals surface area contributed by atoms with Gasteiger partial charge in [-0.15, -0.1) is 0 Å². The number of carbonyl (C=O) groups is 2. The molecule has 23 heavy (non-hydrogen) atoms. The lowest BCUT2D eigenvalue weighted by molar-refractivity contribution is -0.142. The monoisotopic (exact) mass is 319 g/mol. The number of carbonyl (C=O) groups excluding carboxylic acids is 1. The summed E-state index contributed by atoms with van der Waals surface area (Å²) in [5.41, 5.74) is 1.11. The smallest absolute Gasteiger partial charge is 0.306 e. The molecule has 0 bridgehead atoms. The Labute approximate surface area is 137 Å². The van der Waals surface area contributed by atoms with E-state index in [2.05, 4.69) is 5.32 Å². The molecule has 1 aromatic carbocycles. The van der Waals surface area contributed by atoms with Crippen LogP contribution in [0, 0.1) is 5.92 Å². The number of rotatable bonds is 7. The highest BCUT2D eigenvalue weighted by molar-refractivity contribution is 5.76. The standard InChI is InChI=1S/C18H25NO4/c1-2-23-16-10-3-13(4-11-16)5-12-17(20)19-15-8-6-14(7-9-15)18(21)22/h3-4,10-11,14-15H,2,5-9,12H2,1H3,(H,19,20)(H,21,22). The largest absolute Gasteiger partial charge is 0.494 e. The summed E-state index contributed by atoms with van der Waals surface area (Å²) in [6.45, 7) is 2.59. The van der Waals surface area contributed by atoms with Gasteiger partial charge in [-0.2, -0.15) is 0 Å². The van der Waals surface area contributed by atoms with Crippen molar-refractivity contribution in [3.05, 3.63) is 29.8 Å². The van der Waals surface area contributed by atoms with Gasteiger partial charge in [0.25, 0.3) is 0 Å². The van der Waals surface area contributed by atoms with Crippen molar-refractivity contribution in [2.45, 2.75) is 51.5 Å². The van der Waals surface area contributed by atoms with Crippen molar-refractivity contribution in [1.82, 2.24) is 5.32 Å². The first-order valence-electron chi connectivity index (χ1n) is 8.32. The first-order valence-corrected chi connectivity index (χ1v) is 8.32. The summed E-state index contributed by atoms with van der Waals surface area (Å²) in [7, 11) is 0. The molecular weight excluding hydrogens is 294 g/mol. The van der Waals surface area contributed by atoms with Crippen LogP contribution in [0.25, 0.3) is 0 Å². The molecule has 5 nitrogen and oxygen atoms in total. The van der Waals surface area contributed by atoms with Gasteiger partial charge in [0, 0.05) is 12.5 Å². The highest BCUT2D eigenvalue weighted by atomic mass is 16.5. The number of aliphatic carboxylic acids is 1. The molecule has 0 spiro atoms. The van der Waals surface area contributed by atoms with Gasteiger partial charge in [-0.3, -0.25) is 9.59 Å². The Balaban J connectivity index is 1.70. The number of hydrogen-bond donors (Lipinski definition) is 2. The minimum Gasteiger partial charge on any atom is -0.494 e. The number of hydrogen-bond acceptors (Lipinski definition) is 3. The van der Waals surface area contributed by atoms with E-state index in [0.717, 1.165) is 24.2 Å². The van der Waals surface area contributed by atoms with Crippen LogP contribution in [0.2, 0.25) is 0 Å². The van der Waals surface area contributed by atoms with Gasteiger partial charge < -0.3 is 15.2 Å². The third kappa shape index (κ3) is 5.58. The Morgan fingerprint density at radius 3 is 2.39 bits per heavy atom. The molecule has 1 aliphatic rings. The first-order chi connectivity index (χ1) is 11.1. The van der Waals surface area contributed by atoms with E-state index in [-0.39, 0.29) is 17.9 Å². The van der Waals surface area contributed by atoms with Crippen molar-refractivity contribution < 1.29 is 19.4 Å². The second-order valence-electron chi connectivity index (χ2n) is 6.03. The topological polar surface area (TPSA) is 75.6 Å². The number of carboxylic acid groups (broad SMARTS) is 1. The third-order valence-corrected chi connectivity index (χ3v) is 4.32. The van der Waals surface area contributed by atoms with Gasteiger partial charge in [0.05, 0.1) is 12.5 Å². The van der Waals surface area contributed by atoms with Crippen LogP contribution in [0.1, 0.15) is 44.6 Å². The van der Waals surface area contributed by atoms with Gasteiger partial charge in [-0.05, 0) is 56.7 Å². The molecule has 0 aromatic heterocycles. The molecule has 2 rings (SSSR count). The summed E-state index contributed by atoms with van der Waals surface area (Å²) in [6.07, 6.45) is 3.96. The van der Waals surface area contributed by atoms with Gasteiger partial charge in [-0.1, -0.05) is 12.1 Å². The Morgan fingerprint density at radius 1 is 1.17 bits per heavy atom. The molecule has 0 aliphatic heterocycles. The molecule has 0 heterocycles. The van der Waals surface area contributed by atoms with Crippen molar-refractivity contribution in [3.8, 4) is 5.75 Å². The highest BCUT2D eigenvalue weighted by Crippen LogP contribution is 2.24. The summed E-state index contributed by atoms with van der Waals surface area (Å²) < 4.78 is 5.39. The maximum absolute atomic E-state index is 12.0. The van der Waals surface area contributed by atoms with Crippen LogP contribution in [0.3, 0.4) is 0 Å². The molecule has 0 radical (unpaired) electrons. The summed E-state index contributed by atoms with van der Waals surface area (Å²) in [5, 5.41) is 12.0. The minimum atomic E-state index is -0.717. The average molecular weight is 319 g/mol. The highest BCUT2D eigenvalue weighted by Gasteiger charge is 2.26. The molecule has 1 fully saturated rings. The lowest BCUT2D eigenvalue weighted by atomic mass is 9.86. The number of ether oxygens (including phenoxy) is 1. The molecule has 1 amide bonds. The molecular formula is C18H25NO4. The van der Waals surface area contributed by atoms with Gasteiger partial charge in [0.1, 0.15) is 5.75 Å².